The SMILES string of the molecule is CC(C)NC(=S)NN=C1CCCC[C@H]1C1CCCCC1. The average Bonchev–Trinajstić information content (AvgIpc) is 2.46. The molecule has 2 aliphatic rings. The lowest BCUT2D eigenvalue weighted by atomic mass is 9.72. The molecule has 0 aromatic carbocycles. The number of thiocarbonyl (C=S) groups is 1. The van der Waals surface area contributed by atoms with Gasteiger partial charge in [0.1, 0.15) is 0 Å². The standard InChI is InChI=1S/C16H29N3S/c1-12(2)17-16(20)19-18-15-11-7-6-10-14(15)13-8-4-3-5-9-13/h12-14H,3-11H2,1-2H3,(H2,17,19,20)/t14-/m0/s1. The first kappa shape index (κ1) is 15.7. The van der Waals surface area contributed by atoms with Gasteiger partial charge in [-0.25, -0.2) is 0 Å². The Balaban J connectivity index is 1.93. The van der Waals surface area contributed by atoms with E-state index in [0.717, 1.165) is 12.3 Å². The summed E-state index contributed by atoms with van der Waals surface area (Å²) in [7, 11) is 0. The van der Waals surface area contributed by atoms with E-state index in [1.807, 2.05) is 0 Å². The van der Waals surface area contributed by atoms with E-state index in [-0.39, 0.29) is 0 Å². The Bertz CT molecular complexity index is 346. The van der Waals surface area contributed by atoms with Gasteiger partial charge in [-0.15, -0.1) is 0 Å². The third-order valence-corrected chi connectivity index (χ3v) is 4.77. The highest BCUT2D eigenvalue weighted by Gasteiger charge is 2.29. The molecule has 2 aliphatic carbocycles. The first-order chi connectivity index (χ1) is 9.66. The normalized spacial score (nSPS) is 26.8. The molecule has 0 saturated heterocycles. The summed E-state index contributed by atoms with van der Waals surface area (Å²) in [6.07, 6.45) is 12.2. The summed E-state index contributed by atoms with van der Waals surface area (Å²) in [5, 5.41) is 8.50. The van der Waals surface area contributed by atoms with E-state index in [1.54, 1.807) is 0 Å². The molecule has 0 aromatic rings. The minimum Gasteiger partial charge on any atom is -0.359 e. The topological polar surface area (TPSA) is 36.4 Å². The Hall–Kier alpha value is -0.640. The van der Waals surface area contributed by atoms with Crippen molar-refractivity contribution >= 4 is 23.0 Å². The van der Waals surface area contributed by atoms with E-state index in [1.165, 1.54) is 57.1 Å². The van der Waals surface area contributed by atoms with Crippen LogP contribution in [0.15, 0.2) is 5.10 Å². The summed E-state index contributed by atoms with van der Waals surface area (Å²) in [6, 6.07) is 0.357. The molecule has 2 rings (SSSR count). The molecule has 3 nitrogen and oxygen atoms in total. The van der Waals surface area contributed by atoms with Crippen LogP contribution in [0.3, 0.4) is 0 Å². The van der Waals surface area contributed by atoms with E-state index >= 15 is 0 Å². The van der Waals surface area contributed by atoms with Crippen LogP contribution in [0.2, 0.25) is 0 Å². The molecule has 114 valence electrons. The van der Waals surface area contributed by atoms with Crippen molar-refractivity contribution in [1.82, 2.24) is 10.7 Å². The summed E-state index contributed by atoms with van der Waals surface area (Å²) in [4.78, 5) is 0. The Morgan fingerprint density at radius 1 is 1.10 bits per heavy atom. The quantitative estimate of drug-likeness (QED) is 0.610. The maximum absolute atomic E-state index is 5.26. The molecule has 2 fully saturated rings. The average molecular weight is 295 g/mol. The summed E-state index contributed by atoms with van der Waals surface area (Å²) >= 11 is 5.26. The first-order valence-electron chi connectivity index (χ1n) is 8.30. The number of hydrogen-bond donors (Lipinski definition) is 2. The summed E-state index contributed by atoms with van der Waals surface area (Å²) in [5.74, 6) is 1.58. The maximum Gasteiger partial charge on any atom is 0.187 e. The Morgan fingerprint density at radius 2 is 1.80 bits per heavy atom. The van der Waals surface area contributed by atoms with Gasteiger partial charge in [0, 0.05) is 17.7 Å². The molecular formula is C16H29N3S. The van der Waals surface area contributed by atoms with E-state index < -0.39 is 0 Å². The Kier molecular flexibility index (Phi) is 6.27. The Labute approximate surface area is 129 Å². The van der Waals surface area contributed by atoms with Crippen molar-refractivity contribution in [3.63, 3.8) is 0 Å². The highest BCUT2D eigenvalue weighted by molar-refractivity contribution is 7.80. The van der Waals surface area contributed by atoms with Gasteiger partial charge < -0.3 is 5.32 Å². The van der Waals surface area contributed by atoms with Gasteiger partial charge in [-0.3, -0.25) is 5.43 Å². The molecule has 0 heterocycles. The fourth-order valence-electron chi connectivity index (χ4n) is 3.62. The largest absolute Gasteiger partial charge is 0.359 e. The second kappa shape index (κ2) is 7.96. The summed E-state index contributed by atoms with van der Waals surface area (Å²) in [6.45, 7) is 4.18. The summed E-state index contributed by atoms with van der Waals surface area (Å²) < 4.78 is 0. The van der Waals surface area contributed by atoms with Crippen LogP contribution in [0.1, 0.15) is 71.6 Å². The van der Waals surface area contributed by atoms with Crippen LogP contribution >= 0.6 is 12.2 Å². The lowest BCUT2D eigenvalue weighted by molar-refractivity contribution is 0.274. The van der Waals surface area contributed by atoms with Crippen LogP contribution < -0.4 is 10.7 Å². The van der Waals surface area contributed by atoms with E-state index in [0.29, 0.717) is 17.1 Å². The molecule has 0 bridgehead atoms. The van der Waals surface area contributed by atoms with Crippen molar-refractivity contribution < 1.29 is 0 Å². The van der Waals surface area contributed by atoms with Gasteiger partial charge in [0.2, 0.25) is 0 Å². The predicted molar refractivity (Wildman–Crippen MR) is 90.0 cm³/mol. The molecule has 0 aliphatic heterocycles. The minimum absolute atomic E-state index is 0.357. The minimum atomic E-state index is 0.357. The lowest BCUT2D eigenvalue weighted by Crippen LogP contribution is -2.38. The predicted octanol–water partition coefficient (Wildman–Crippen LogP) is 3.99. The lowest BCUT2D eigenvalue weighted by Gasteiger charge is -2.34. The smallest absolute Gasteiger partial charge is 0.187 e. The monoisotopic (exact) mass is 295 g/mol. The molecule has 0 amide bonds. The molecule has 0 spiro atoms. The molecule has 2 saturated carbocycles. The van der Waals surface area contributed by atoms with Gasteiger partial charge in [-0.2, -0.15) is 5.10 Å². The van der Waals surface area contributed by atoms with Crippen LogP contribution in [0.4, 0.5) is 0 Å². The van der Waals surface area contributed by atoms with Crippen LogP contribution in [-0.2, 0) is 0 Å². The van der Waals surface area contributed by atoms with Crippen molar-refractivity contribution in [1.29, 1.82) is 0 Å². The van der Waals surface area contributed by atoms with Crippen molar-refractivity contribution in [2.24, 2.45) is 16.9 Å². The number of nitrogens with zero attached hydrogens (tertiary/aromatic N) is 1. The second-order valence-electron chi connectivity index (χ2n) is 6.59. The molecule has 20 heavy (non-hydrogen) atoms. The van der Waals surface area contributed by atoms with Crippen LogP contribution in [0, 0.1) is 11.8 Å². The van der Waals surface area contributed by atoms with Crippen molar-refractivity contribution in [3.8, 4) is 0 Å². The number of hydrogen-bond acceptors (Lipinski definition) is 2. The molecular weight excluding hydrogens is 266 g/mol. The van der Waals surface area contributed by atoms with Crippen LogP contribution in [-0.4, -0.2) is 16.9 Å². The van der Waals surface area contributed by atoms with Crippen LogP contribution in [0.5, 0.6) is 0 Å². The molecule has 0 unspecified atom stereocenters. The zero-order valence-corrected chi connectivity index (χ0v) is 13.8. The highest BCUT2D eigenvalue weighted by Crippen LogP contribution is 2.36. The first-order valence-corrected chi connectivity index (χ1v) is 8.70. The number of hydrazone groups is 1. The van der Waals surface area contributed by atoms with Crippen LogP contribution in [0.25, 0.3) is 0 Å². The highest BCUT2D eigenvalue weighted by atomic mass is 32.1. The molecule has 1 atom stereocenters. The van der Waals surface area contributed by atoms with Crippen molar-refractivity contribution in [2.75, 3.05) is 0 Å². The number of rotatable bonds is 3. The maximum atomic E-state index is 5.26. The fraction of sp³-hybridized carbons (Fsp3) is 0.875. The molecule has 2 N–H and O–H groups in total. The van der Waals surface area contributed by atoms with Gasteiger partial charge in [0.25, 0.3) is 0 Å². The van der Waals surface area contributed by atoms with Crippen molar-refractivity contribution in [2.45, 2.75) is 77.7 Å². The Morgan fingerprint density at radius 3 is 2.50 bits per heavy atom. The fourth-order valence-corrected chi connectivity index (χ4v) is 3.90. The van der Waals surface area contributed by atoms with Gasteiger partial charge >= 0.3 is 0 Å². The van der Waals surface area contributed by atoms with Gasteiger partial charge in [-0.05, 0) is 64.1 Å². The van der Waals surface area contributed by atoms with Gasteiger partial charge in [-0.1, -0.05) is 25.7 Å². The van der Waals surface area contributed by atoms with E-state index in [2.05, 4.69) is 29.7 Å². The third kappa shape index (κ3) is 4.72. The van der Waals surface area contributed by atoms with Gasteiger partial charge in [0.05, 0.1) is 0 Å². The molecule has 4 heteroatoms. The number of nitrogens with one attached hydrogen (secondary N) is 2. The summed E-state index contributed by atoms with van der Waals surface area (Å²) in [5.41, 5.74) is 4.43. The zero-order valence-electron chi connectivity index (χ0n) is 13.0. The molecule has 0 aromatic heterocycles. The molecule has 0 radical (unpaired) electrons. The van der Waals surface area contributed by atoms with E-state index in [9.17, 15) is 0 Å². The zero-order chi connectivity index (χ0) is 14.4. The third-order valence-electron chi connectivity index (χ3n) is 4.57. The second-order valence-corrected chi connectivity index (χ2v) is 7.00. The van der Waals surface area contributed by atoms with Crippen molar-refractivity contribution in [3.05, 3.63) is 0 Å². The van der Waals surface area contributed by atoms with E-state index in [4.69, 9.17) is 12.2 Å². The van der Waals surface area contributed by atoms with Gasteiger partial charge in [0.15, 0.2) is 5.11 Å².